The minimum Gasteiger partial charge on any atom is -0.387 e. The average molecular weight is 302 g/mol. The maximum atomic E-state index is 11.4. The quantitative estimate of drug-likeness (QED) is 0.653. The second-order valence-electron chi connectivity index (χ2n) is 3.90. The van der Waals surface area contributed by atoms with Crippen molar-refractivity contribution in [3.8, 4) is 0 Å². The molecule has 0 amide bonds. The molecule has 0 heterocycles. The molecule has 0 bridgehead atoms. The van der Waals surface area contributed by atoms with Gasteiger partial charge in [0.2, 0.25) is 0 Å². The van der Waals surface area contributed by atoms with E-state index in [-0.39, 0.29) is 10.7 Å². The van der Waals surface area contributed by atoms with E-state index in [4.69, 9.17) is 5.73 Å². The monoisotopic (exact) mass is 302 g/mol. The number of nitrogens with zero attached hydrogens (tertiary/aromatic N) is 1. The molecule has 0 radical (unpaired) electrons. The van der Waals surface area contributed by atoms with Gasteiger partial charge in [0.15, 0.2) is 9.84 Å². The van der Waals surface area contributed by atoms with Gasteiger partial charge < -0.3 is 5.73 Å². The summed E-state index contributed by atoms with van der Waals surface area (Å²) in [6.07, 6.45) is 2.34. The van der Waals surface area contributed by atoms with Crippen molar-refractivity contribution in [2.75, 3.05) is 6.26 Å². The van der Waals surface area contributed by atoms with E-state index < -0.39 is 19.9 Å². The lowest BCUT2D eigenvalue weighted by Crippen LogP contribution is -2.08. The van der Waals surface area contributed by atoms with E-state index >= 15 is 0 Å². The summed E-state index contributed by atoms with van der Waals surface area (Å²) in [5.41, 5.74) is 5.63. The molecule has 0 unspecified atom stereocenters. The molecular formula is C11H14N2O4S2. The lowest BCUT2D eigenvalue weighted by molar-refractivity contribution is 0.601. The third-order valence-corrected chi connectivity index (χ3v) is 4.12. The van der Waals surface area contributed by atoms with Gasteiger partial charge in [-0.15, -0.1) is 4.40 Å². The minimum atomic E-state index is -3.79. The summed E-state index contributed by atoms with van der Waals surface area (Å²) < 4.78 is 48.8. The van der Waals surface area contributed by atoms with E-state index in [0.717, 1.165) is 11.7 Å². The Morgan fingerprint density at radius 3 is 2.42 bits per heavy atom. The van der Waals surface area contributed by atoms with Gasteiger partial charge in [-0.1, -0.05) is 12.1 Å². The van der Waals surface area contributed by atoms with Crippen molar-refractivity contribution < 1.29 is 16.8 Å². The Morgan fingerprint density at radius 1 is 1.26 bits per heavy atom. The van der Waals surface area contributed by atoms with E-state index in [1.165, 1.54) is 31.2 Å². The van der Waals surface area contributed by atoms with Crippen LogP contribution < -0.4 is 5.73 Å². The van der Waals surface area contributed by atoms with Crippen LogP contribution in [0.3, 0.4) is 0 Å². The van der Waals surface area contributed by atoms with Crippen molar-refractivity contribution in [1.82, 2.24) is 0 Å². The van der Waals surface area contributed by atoms with Crippen LogP contribution in [-0.4, -0.2) is 28.9 Å². The third kappa shape index (κ3) is 5.23. The lowest BCUT2D eigenvalue weighted by atomic mass is 10.2. The highest BCUT2D eigenvalue weighted by Gasteiger charge is 2.07. The molecule has 1 rings (SSSR count). The topological polar surface area (TPSA) is 107 Å². The summed E-state index contributed by atoms with van der Waals surface area (Å²) in [4.78, 5) is 0.116. The standard InChI is InChI=1S/C11H14N2O4S2/c1-9(12)13-19(16,17)7-6-10-4-3-5-11(8-10)18(2,14)15/h3-8H,1-2H3,(H2,12,13). The van der Waals surface area contributed by atoms with Crippen molar-refractivity contribution in [1.29, 1.82) is 0 Å². The molecule has 0 saturated heterocycles. The zero-order chi connectivity index (χ0) is 14.7. The normalized spacial score (nSPS) is 13.9. The molecule has 8 heteroatoms. The molecule has 0 aliphatic rings. The SMILES string of the molecule is CC(N)=NS(=O)(=O)C=Cc1cccc(S(C)(=O)=O)c1. The Morgan fingerprint density at radius 2 is 1.89 bits per heavy atom. The predicted molar refractivity (Wildman–Crippen MR) is 74.8 cm³/mol. The number of rotatable bonds is 4. The Balaban J connectivity index is 3.12. The predicted octanol–water partition coefficient (Wildman–Crippen LogP) is 0.768. The van der Waals surface area contributed by atoms with E-state index in [1.54, 1.807) is 6.07 Å². The molecule has 0 aliphatic heterocycles. The van der Waals surface area contributed by atoms with Crippen LogP contribution in [0.4, 0.5) is 0 Å². The summed E-state index contributed by atoms with van der Waals surface area (Å²) in [5.74, 6) is -0.0745. The average Bonchev–Trinajstić information content (AvgIpc) is 2.24. The summed E-state index contributed by atoms with van der Waals surface area (Å²) in [6, 6.07) is 5.92. The molecule has 19 heavy (non-hydrogen) atoms. The molecule has 0 fully saturated rings. The van der Waals surface area contributed by atoms with Gasteiger partial charge in [0.05, 0.1) is 10.3 Å². The first kappa shape index (κ1) is 15.4. The number of benzene rings is 1. The molecule has 6 nitrogen and oxygen atoms in total. The molecule has 1 aromatic carbocycles. The molecule has 104 valence electrons. The van der Waals surface area contributed by atoms with Gasteiger partial charge in [0.25, 0.3) is 10.0 Å². The zero-order valence-corrected chi connectivity index (χ0v) is 12.1. The van der Waals surface area contributed by atoms with Crippen LogP contribution in [0.2, 0.25) is 0 Å². The fourth-order valence-corrected chi connectivity index (χ4v) is 2.71. The fourth-order valence-electron chi connectivity index (χ4n) is 1.24. The highest BCUT2D eigenvalue weighted by atomic mass is 32.2. The second-order valence-corrected chi connectivity index (χ2v) is 7.40. The fraction of sp³-hybridized carbons (Fsp3) is 0.182. The van der Waals surface area contributed by atoms with Gasteiger partial charge in [0, 0.05) is 6.26 Å². The van der Waals surface area contributed by atoms with Gasteiger partial charge in [-0.3, -0.25) is 0 Å². The Hall–Kier alpha value is -1.67. The van der Waals surface area contributed by atoms with Crippen LogP contribution in [0, 0.1) is 0 Å². The van der Waals surface area contributed by atoms with Crippen LogP contribution in [0.15, 0.2) is 39.0 Å². The highest BCUT2D eigenvalue weighted by Crippen LogP contribution is 2.13. The number of nitrogens with two attached hydrogens (primary N) is 1. The van der Waals surface area contributed by atoms with Crippen LogP contribution >= 0.6 is 0 Å². The van der Waals surface area contributed by atoms with Crippen molar-refractivity contribution in [3.63, 3.8) is 0 Å². The Kier molecular flexibility index (Phi) is 4.48. The zero-order valence-electron chi connectivity index (χ0n) is 10.4. The third-order valence-electron chi connectivity index (χ3n) is 1.99. The first-order valence-electron chi connectivity index (χ1n) is 5.15. The van der Waals surface area contributed by atoms with E-state index in [1.807, 2.05) is 0 Å². The molecule has 0 saturated carbocycles. The van der Waals surface area contributed by atoms with Gasteiger partial charge in [-0.05, 0) is 30.7 Å². The van der Waals surface area contributed by atoms with Crippen molar-refractivity contribution in [3.05, 3.63) is 35.2 Å². The lowest BCUT2D eigenvalue weighted by Gasteiger charge is -1.99. The summed E-state index contributed by atoms with van der Waals surface area (Å²) in [6.45, 7) is 1.36. The maximum absolute atomic E-state index is 11.4. The Labute approximate surface area is 112 Å². The number of sulfone groups is 1. The molecule has 1 aromatic rings. The van der Waals surface area contributed by atoms with Gasteiger partial charge in [0.1, 0.15) is 5.84 Å². The summed E-state index contributed by atoms with van der Waals surface area (Å²) >= 11 is 0. The molecule has 0 aromatic heterocycles. The second kappa shape index (κ2) is 5.54. The van der Waals surface area contributed by atoms with E-state index in [2.05, 4.69) is 4.40 Å². The summed E-state index contributed by atoms with van der Waals surface area (Å²) in [7, 11) is -7.12. The summed E-state index contributed by atoms with van der Waals surface area (Å²) in [5, 5.41) is 0.866. The number of hydrogen-bond donors (Lipinski definition) is 1. The van der Waals surface area contributed by atoms with E-state index in [9.17, 15) is 16.8 Å². The maximum Gasteiger partial charge on any atom is 0.277 e. The smallest absolute Gasteiger partial charge is 0.277 e. The van der Waals surface area contributed by atoms with Crippen molar-refractivity contribution in [2.45, 2.75) is 11.8 Å². The molecule has 0 spiro atoms. The molecular weight excluding hydrogens is 288 g/mol. The first-order valence-corrected chi connectivity index (χ1v) is 8.55. The Bertz CT molecular complexity index is 728. The van der Waals surface area contributed by atoms with E-state index in [0.29, 0.717) is 5.56 Å². The van der Waals surface area contributed by atoms with Crippen molar-refractivity contribution in [2.24, 2.45) is 10.1 Å². The van der Waals surface area contributed by atoms with Crippen LogP contribution in [0.5, 0.6) is 0 Å². The van der Waals surface area contributed by atoms with Crippen molar-refractivity contribution >= 4 is 31.8 Å². The van der Waals surface area contributed by atoms with Gasteiger partial charge in [-0.2, -0.15) is 8.42 Å². The number of sulfonamides is 1. The number of amidine groups is 1. The minimum absolute atomic E-state index is 0.0745. The van der Waals surface area contributed by atoms with Crippen LogP contribution in [0.25, 0.3) is 6.08 Å². The molecule has 2 N–H and O–H groups in total. The van der Waals surface area contributed by atoms with Crippen LogP contribution in [0.1, 0.15) is 12.5 Å². The molecule has 0 atom stereocenters. The highest BCUT2D eigenvalue weighted by molar-refractivity contribution is 7.93. The van der Waals surface area contributed by atoms with Gasteiger partial charge >= 0.3 is 0 Å². The molecule has 0 aliphatic carbocycles. The van der Waals surface area contributed by atoms with Crippen LogP contribution in [-0.2, 0) is 19.9 Å². The van der Waals surface area contributed by atoms with Gasteiger partial charge in [-0.25, -0.2) is 8.42 Å². The number of hydrogen-bond acceptors (Lipinski definition) is 4. The first-order chi connectivity index (χ1) is 8.60. The largest absolute Gasteiger partial charge is 0.387 e.